The topological polar surface area (TPSA) is 38.3 Å². The van der Waals surface area contributed by atoms with Gasteiger partial charge >= 0.3 is 0 Å². The highest BCUT2D eigenvalue weighted by Crippen LogP contribution is 2.23. The zero-order chi connectivity index (χ0) is 17.7. The van der Waals surface area contributed by atoms with E-state index in [0.717, 1.165) is 22.4 Å². The summed E-state index contributed by atoms with van der Waals surface area (Å²) < 4.78 is 5.98. The molecule has 3 nitrogen and oxygen atoms in total. The van der Waals surface area contributed by atoms with Crippen LogP contribution in [-0.4, -0.2) is 12.0 Å². The average molecular weight is 325 g/mol. The Labute approximate surface area is 145 Å². The molecule has 0 spiro atoms. The van der Waals surface area contributed by atoms with Crippen LogP contribution < -0.4 is 10.1 Å². The second-order valence-corrected chi connectivity index (χ2v) is 6.35. The summed E-state index contributed by atoms with van der Waals surface area (Å²) in [6.45, 7) is 10.1. The monoisotopic (exact) mass is 325 g/mol. The van der Waals surface area contributed by atoms with E-state index in [2.05, 4.69) is 24.4 Å². The van der Waals surface area contributed by atoms with Gasteiger partial charge in [-0.25, -0.2) is 0 Å². The van der Waals surface area contributed by atoms with Crippen molar-refractivity contribution >= 4 is 5.91 Å². The van der Waals surface area contributed by atoms with Crippen molar-refractivity contribution < 1.29 is 9.53 Å². The lowest BCUT2D eigenvalue weighted by atomic mass is 10.1. The van der Waals surface area contributed by atoms with Gasteiger partial charge in [-0.05, 0) is 56.9 Å². The zero-order valence-corrected chi connectivity index (χ0v) is 15.2. The summed E-state index contributed by atoms with van der Waals surface area (Å²) in [7, 11) is 0. The molecule has 0 aliphatic heterocycles. The standard InChI is InChI=1S/C21H27NO2/c1-6-19(24-20-9-7-8-15(3)16(20)4)21(23)22-17(5)18-12-10-14(2)11-13-18/h7-13,17,19H,6H2,1-5H3,(H,22,23)/t17-,19+/m1/s1. The lowest BCUT2D eigenvalue weighted by molar-refractivity contribution is -0.128. The molecule has 0 aliphatic rings. The molecule has 2 atom stereocenters. The van der Waals surface area contributed by atoms with E-state index in [0.29, 0.717) is 6.42 Å². The number of amides is 1. The molecule has 0 unspecified atom stereocenters. The number of ether oxygens (including phenoxy) is 1. The van der Waals surface area contributed by atoms with Gasteiger partial charge in [0.05, 0.1) is 6.04 Å². The maximum atomic E-state index is 12.6. The number of nitrogens with one attached hydrogen (secondary N) is 1. The molecule has 0 heterocycles. The first-order chi connectivity index (χ1) is 11.4. The van der Waals surface area contributed by atoms with Gasteiger partial charge in [0.15, 0.2) is 6.10 Å². The van der Waals surface area contributed by atoms with Crippen LogP contribution in [0.2, 0.25) is 0 Å². The van der Waals surface area contributed by atoms with Crippen LogP contribution in [0, 0.1) is 20.8 Å². The molecule has 1 amide bonds. The Balaban J connectivity index is 2.05. The van der Waals surface area contributed by atoms with Crippen molar-refractivity contribution in [3.05, 3.63) is 64.7 Å². The molecule has 2 aromatic rings. The smallest absolute Gasteiger partial charge is 0.261 e. The highest BCUT2D eigenvalue weighted by atomic mass is 16.5. The minimum atomic E-state index is -0.488. The molecule has 0 fully saturated rings. The van der Waals surface area contributed by atoms with Crippen molar-refractivity contribution in [1.82, 2.24) is 5.32 Å². The van der Waals surface area contributed by atoms with Crippen molar-refractivity contribution in [2.45, 2.75) is 53.2 Å². The van der Waals surface area contributed by atoms with Crippen LogP contribution in [0.25, 0.3) is 0 Å². The molecular weight excluding hydrogens is 298 g/mol. The van der Waals surface area contributed by atoms with Gasteiger partial charge in [0.1, 0.15) is 5.75 Å². The Bertz CT molecular complexity index is 691. The van der Waals surface area contributed by atoms with Gasteiger partial charge in [-0.2, -0.15) is 0 Å². The van der Waals surface area contributed by atoms with Crippen molar-refractivity contribution in [1.29, 1.82) is 0 Å². The second-order valence-electron chi connectivity index (χ2n) is 6.35. The van der Waals surface area contributed by atoms with E-state index in [1.165, 1.54) is 5.56 Å². The van der Waals surface area contributed by atoms with Gasteiger partial charge in [0.2, 0.25) is 0 Å². The molecule has 128 valence electrons. The van der Waals surface area contributed by atoms with Crippen molar-refractivity contribution in [2.24, 2.45) is 0 Å². The van der Waals surface area contributed by atoms with Crippen molar-refractivity contribution in [3.63, 3.8) is 0 Å². The molecule has 0 aliphatic carbocycles. The fourth-order valence-electron chi connectivity index (χ4n) is 2.57. The molecule has 0 bridgehead atoms. The lowest BCUT2D eigenvalue weighted by Gasteiger charge is -2.22. The largest absolute Gasteiger partial charge is 0.480 e. The number of aryl methyl sites for hydroxylation is 2. The predicted octanol–water partition coefficient (Wildman–Crippen LogP) is 4.65. The molecule has 3 heteroatoms. The van der Waals surface area contributed by atoms with E-state index in [4.69, 9.17) is 4.74 Å². The predicted molar refractivity (Wildman–Crippen MR) is 98.4 cm³/mol. The van der Waals surface area contributed by atoms with Gasteiger partial charge in [-0.3, -0.25) is 4.79 Å². The highest BCUT2D eigenvalue weighted by Gasteiger charge is 2.21. The minimum absolute atomic E-state index is 0.0469. The quantitative estimate of drug-likeness (QED) is 0.840. The van der Waals surface area contributed by atoms with Crippen LogP contribution in [0.3, 0.4) is 0 Å². The van der Waals surface area contributed by atoms with Crippen molar-refractivity contribution in [3.8, 4) is 5.75 Å². The summed E-state index contributed by atoms with van der Waals surface area (Å²) in [5.41, 5.74) is 4.55. The van der Waals surface area contributed by atoms with E-state index < -0.39 is 6.10 Å². The molecule has 0 saturated carbocycles. The van der Waals surface area contributed by atoms with Crippen LogP contribution in [0.4, 0.5) is 0 Å². The van der Waals surface area contributed by atoms with Gasteiger partial charge in [-0.15, -0.1) is 0 Å². The Morgan fingerprint density at radius 2 is 1.75 bits per heavy atom. The number of carbonyl (C=O) groups is 1. The molecule has 2 aromatic carbocycles. The Kier molecular flexibility index (Phi) is 6.02. The molecule has 1 N–H and O–H groups in total. The first-order valence-corrected chi connectivity index (χ1v) is 8.52. The maximum absolute atomic E-state index is 12.6. The summed E-state index contributed by atoms with van der Waals surface area (Å²) in [5.74, 6) is 0.700. The van der Waals surface area contributed by atoms with Crippen molar-refractivity contribution in [2.75, 3.05) is 0 Å². The summed E-state index contributed by atoms with van der Waals surface area (Å²) in [4.78, 5) is 12.6. The summed E-state index contributed by atoms with van der Waals surface area (Å²) in [6.07, 6.45) is 0.137. The third-order valence-electron chi connectivity index (χ3n) is 4.42. The summed E-state index contributed by atoms with van der Waals surface area (Å²) >= 11 is 0. The van der Waals surface area contributed by atoms with Crippen LogP contribution in [0.1, 0.15) is 48.6 Å². The SMILES string of the molecule is CC[C@H](Oc1cccc(C)c1C)C(=O)N[C@H](C)c1ccc(C)cc1. The zero-order valence-electron chi connectivity index (χ0n) is 15.2. The molecule has 2 rings (SSSR count). The van der Waals surface area contributed by atoms with Gasteiger partial charge < -0.3 is 10.1 Å². The minimum Gasteiger partial charge on any atom is -0.480 e. The molecule has 24 heavy (non-hydrogen) atoms. The van der Waals surface area contributed by atoms with E-state index in [1.54, 1.807) is 0 Å². The van der Waals surface area contributed by atoms with Gasteiger partial charge in [0.25, 0.3) is 5.91 Å². The number of hydrogen-bond acceptors (Lipinski definition) is 2. The number of carbonyl (C=O) groups excluding carboxylic acids is 1. The molecule has 0 saturated heterocycles. The molecular formula is C21H27NO2. The average Bonchev–Trinajstić information content (AvgIpc) is 2.56. The summed E-state index contributed by atoms with van der Waals surface area (Å²) in [5, 5.41) is 3.06. The lowest BCUT2D eigenvalue weighted by Crippen LogP contribution is -2.39. The van der Waals surface area contributed by atoms with E-state index in [1.807, 2.05) is 58.0 Å². The fourth-order valence-corrected chi connectivity index (χ4v) is 2.57. The third kappa shape index (κ3) is 4.38. The van der Waals surface area contributed by atoms with Crippen LogP contribution in [0.5, 0.6) is 5.75 Å². The second kappa shape index (κ2) is 8.00. The van der Waals surface area contributed by atoms with E-state index in [-0.39, 0.29) is 11.9 Å². The van der Waals surface area contributed by atoms with Gasteiger partial charge in [-0.1, -0.05) is 48.9 Å². The number of benzene rings is 2. The Morgan fingerprint density at radius 1 is 1.08 bits per heavy atom. The number of hydrogen-bond donors (Lipinski definition) is 1. The highest BCUT2D eigenvalue weighted by molar-refractivity contribution is 5.81. The Hall–Kier alpha value is -2.29. The van der Waals surface area contributed by atoms with Crippen LogP contribution in [0.15, 0.2) is 42.5 Å². The first kappa shape index (κ1) is 18.1. The molecule has 0 aromatic heterocycles. The number of rotatable bonds is 6. The van der Waals surface area contributed by atoms with E-state index >= 15 is 0 Å². The van der Waals surface area contributed by atoms with Crippen LogP contribution >= 0.6 is 0 Å². The summed E-state index contributed by atoms with van der Waals surface area (Å²) in [6, 6.07) is 14.1. The first-order valence-electron chi connectivity index (χ1n) is 8.52. The maximum Gasteiger partial charge on any atom is 0.261 e. The van der Waals surface area contributed by atoms with Gasteiger partial charge in [0, 0.05) is 0 Å². The van der Waals surface area contributed by atoms with E-state index in [9.17, 15) is 4.79 Å². The Morgan fingerprint density at radius 3 is 2.38 bits per heavy atom. The normalized spacial score (nSPS) is 13.2. The molecule has 0 radical (unpaired) electrons. The fraction of sp³-hybridized carbons (Fsp3) is 0.381. The third-order valence-corrected chi connectivity index (χ3v) is 4.42. The van der Waals surface area contributed by atoms with Crippen LogP contribution in [-0.2, 0) is 4.79 Å².